The summed E-state index contributed by atoms with van der Waals surface area (Å²) in [6.07, 6.45) is 0. The third-order valence-corrected chi connectivity index (χ3v) is 4.28. The van der Waals surface area contributed by atoms with Crippen molar-refractivity contribution in [1.29, 1.82) is 0 Å². The van der Waals surface area contributed by atoms with E-state index in [9.17, 15) is 0 Å². The number of rotatable bonds is 5. The number of piperazine rings is 1. The van der Waals surface area contributed by atoms with Crippen LogP contribution in [0.25, 0.3) is 0 Å². The normalized spacial score (nSPS) is 17.8. The second-order valence-electron chi connectivity index (χ2n) is 5.47. The zero-order valence-electron chi connectivity index (χ0n) is 13.2. The van der Waals surface area contributed by atoms with Crippen LogP contribution in [-0.4, -0.2) is 32.2 Å². The highest BCUT2D eigenvalue weighted by Crippen LogP contribution is 2.25. The van der Waals surface area contributed by atoms with Crippen LogP contribution in [0.2, 0.25) is 0 Å². The van der Waals surface area contributed by atoms with Crippen molar-refractivity contribution in [3.63, 3.8) is 0 Å². The maximum atomic E-state index is 6.38. The van der Waals surface area contributed by atoms with Gasteiger partial charge in [0.1, 0.15) is 23.6 Å². The van der Waals surface area contributed by atoms with Crippen LogP contribution < -0.4 is 19.7 Å². The average molecular weight is 333 g/mol. The summed E-state index contributed by atoms with van der Waals surface area (Å²) in [5.74, 6) is 1.70. The SMILES string of the molecule is COc1ccc(COc2cccc(N3CCNCC3Cl)c2)cc1. The van der Waals surface area contributed by atoms with Crippen molar-refractivity contribution in [2.75, 3.05) is 31.6 Å². The van der Waals surface area contributed by atoms with E-state index in [0.717, 1.165) is 42.4 Å². The van der Waals surface area contributed by atoms with Gasteiger partial charge in [-0.1, -0.05) is 29.8 Å². The molecule has 4 nitrogen and oxygen atoms in total. The molecule has 1 N–H and O–H groups in total. The first-order chi connectivity index (χ1) is 11.3. The van der Waals surface area contributed by atoms with Crippen LogP contribution in [0.4, 0.5) is 5.69 Å². The molecule has 1 aliphatic heterocycles. The number of alkyl halides is 1. The molecule has 23 heavy (non-hydrogen) atoms. The first-order valence-electron chi connectivity index (χ1n) is 7.73. The van der Waals surface area contributed by atoms with E-state index in [4.69, 9.17) is 21.1 Å². The molecule has 122 valence electrons. The molecule has 0 saturated carbocycles. The molecular formula is C18H21ClN2O2. The topological polar surface area (TPSA) is 33.7 Å². The molecule has 0 spiro atoms. The Morgan fingerprint density at radius 3 is 2.74 bits per heavy atom. The number of hydrogen-bond acceptors (Lipinski definition) is 4. The molecular weight excluding hydrogens is 312 g/mol. The minimum atomic E-state index is -0.0272. The van der Waals surface area contributed by atoms with Gasteiger partial charge in [0.15, 0.2) is 0 Å². The van der Waals surface area contributed by atoms with E-state index in [-0.39, 0.29) is 5.50 Å². The van der Waals surface area contributed by atoms with Gasteiger partial charge in [-0.15, -0.1) is 0 Å². The predicted octanol–water partition coefficient (Wildman–Crippen LogP) is 3.25. The fourth-order valence-corrected chi connectivity index (χ4v) is 2.92. The lowest BCUT2D eigenvalue weighted by atomic mass is 10.2. The molecule has 1 atom stereocenters. The zero-order valence-corrected chi connectivity index (χ0v) is 13.9. The van der Waals surface area contributed by atoms with Gasteiger partial charge >= 0.3 is 0 Å². The molecule has 2 aromatic rings. The summed E-state index contributed by atoms with van der Waals surface area (Å²) in [6, 6.07) is 16.0. The Balaban J connectivity index is 1.65. The Morgan fingerprint density at radius 1 is 1.17 bits per heavy atom. The van der Waals surface area contributed by atoms with E-state index >= 15 is 0 Å². The Bertz CT molecular complexity index is 633. The number of ether oxygens (including phenoxy) is 2. The Kier molecular flexibility index (Phi) is 5.26. The third kappa shape index (κ3) is 4.09. The van der Waals surface area contributed by atoms with Crippen molar-refractivity contribution in [3.8, 4) is 11.5 Å². The Hall–Kier alpha value is -1.91. The lowest BCUT2D eigenvalue weighted by Crippen LogP contribution is -2.48. The lowest BCUT2D eigenvalue weighted by molar-refractivity contribution is 0.306. The van der Waals surface area contributed by atoms with Gasteiger partial charge in [-0.25, -0.2) is 0 Å². The summed E-state index contributed by atoms with van der Waals surface area (Å²) in [7, 11) is 1.66. The van der Waals surface area contributed by atoms with E-state index in [0.29, 0.717) is 6.61 Å². The third-order valence-electron chi connectivity index (χ3n) is 3.89. The molecule has 5 heteroatoms. The molecule has 1 aliphatic rings. The molecule has 2 aromatic carbocycles. The van der Waals surface area contributed by atoms with E-state index in [1.54, 1.807) is 7.11 Å². The van der Waals surface area contributed by atoms with Gasteiger partial charge in [0.05, 0.1) is 7.11 Å². The van der Waals surface area contributed by atoms with E-state index in [1.807, 2.05) is 42.5 Å². The van der Waals surface area contributed by atoms with Crippen molar-refractivity contribution in [2.45, 2.75) is 12.1 Å². The van der Waals surface area contributed by atoms with Crippen LogP contribution >= 0.6 is 11.6 Å². The quantitative estimate of drug-likeness (QED) is 0.673. The van der Waals surface area contributed by atoms with Gasteiger partial charge in [0, 0.05) is 31.4 Å². The molecule has 0 aliphatic carbocycles. The van der Waals surface area contributed by atoms with Crippen LogP contribution in [0.3, 0.4) is 0 Å². The van der Waals surface area contributed by atoms with Crippen LogP contribution in [0.5, 0.6) is 11.5 Å². The highest BCUT2D eigenvalue weighted by atomic mass is 35.5. The maximum Gasteiger partial charge on any atom is 0.121 e. The summed E-state index contributed by atoms with van der Waals surface area (Å²) in [4.78, 5) is 2.19. The minimum absolute atomic E-state index is 0.0272. The fraction of sp³-hybridized carbons (Fsp3) is 0.333. The maximum absolute atomic E-state index is 6.38. The minimum Gasteiger partial charge on any atom is -0.497 e. The van der Waals surface area contributed by atoms with Gasteiger partial charge in [0.2, 0.25) is 0 Å². The monoisotopic (exact) mass is 332 g/mol. The van der Waals surface area contributed by atoms with Crippen LogP contribution in [-0.2, 0) is 6.61 Å². The average Bonchev–Trinajstić information content (AvgIpc) is 2.61. The smallest absolute Gasteiger partial charge is 0.121 e. The van der Waals surface area contributed by atoms with Crippen molar-refractivity contribution >= 4 is 17.3 Å². The molecule has 1 saturated heterocycles. The van der Waals surface area contributed by atoms with Crippen LogP contribution in [0, 0.1) is 0 Å². The zero-order chi connectivity index (χ0) is 16.1. The standard InChI is InChI=1S/C18H21ClN2O2/c1-22-16-7-5-14(6-8-16)13-23-17-4-2-3-15(11-17)21-10-9-20-12-18(21)19/h2-8,11,18,20H,9-10,12-13H2,1H3. The summed E-state index contributed by atoms with van der Waals surface area (Å²) >= 11 is 6.38. The first kappa shape index (κ1) is 16.0. The van der Waals surface area contributed by atoms with Gasteiger partial charge < -0.3 is 19.7 Å². The van der Waals surface area contributed by atoms with Crippen LogP contribution in [0.1, 0.15) is 5.56 Å². The second-order valence-corrected chi connectivity index (χ2v) is 5.97. The predicted molar refractivity (Wildman–Crippen MR) is 93.6 cm³/mol. The van der Waals surface area contributed by atoms with Gasteiger partial charge in [-0.2, -0.15) is 0 Å². The second kappa shape index (κ2) is 7.57. The highest BCUT2D eigenvalue weighted by Gasteiger charge is 2.20. The van der Waals surface area contributed by atoms with Crippen molar-refractivity contribution < 1.29 is 9.47 Å². The van der Waals surface area contributed by atoms with E-state index in [1.165, 1.54) is 0 Å². The molecule has 1 fully saturated rings. The number of nitrogens with zero attached hydrogens (tertiary/aromatic N) is 1. The molecule has 0 amide bonds. The molecule has 1 unspecified atom stereocenters. The summed E-state index contributed by atoms with van der Waals surface area (Å²) in [6.45, 7) is 3.16. The number of halogens is 1. The van der Waals surface area contributed by atoms with Crippen LogP contribution in [0.15, 0.2) is 48.5 Å². The lowest BCUT2D eigenvalue weighted by Gasteiger charge is -2.34. The number of nitrogens with one attached hydrogen (secondary N) is 1. The Labute approximate surface area is 142 Å². The summed E-state index contributed by atoms with van der Waals surface area (Å²) in [5.41, 5.74) is 2.17. The van der Waals surface area contributed by atoms with Gasteiger partial charge in [-0.05, 0) is 29.8 Å². The van der Waals surface area contributed by atoms with Gasteiger partial charge in [-0.3, -0.25) is 0 Å². The summed E-state index contributed by atoms with van der Waals surface area (Å²) in [5, 5.41) is 3.29. The van der Waals surface area contributed by atoms with Gasteiger partial charge in [0.25, 0.3) is 0 Å². The largest absolute Gasteiger partial charge is 0.497 e. The number of methoxy groups -OCH3 is 1. The summed E-state index contributed by atoms with van der Waals surface area (Å²) < 4.78 is 11.1. The molecule has 1 heterocycles. The van der Waals surface area contributed by atoms with E-state index < -0.39 is 0 Å². The number of anilines is 1. The first-order valence-corrected chi connectivity index (χ1v) is 8.17. The molecule has 0 aromatic heterocycles. The number of hydrogen-bond donors (Lipinski definition) is 1. The van der Waals surface area contributed by atoms with E-state index in [2.05, 4.69) is 16.3 Å². The molecule has 0 bridgehead atoms. The number of benzene rings is 2. The van der Waals surface area contributed by atoms with Crippen molar-refractivity contribution in [3.05, 3.63) is 54.1 Å². The fourth-order valence-electron chi connectivity index (χ4n) is 2.60. The molecule has 3 rings (SSSR count). The van der Waals surface area contributed by atoms with Crippen molar-refractivity contribution in [1.82, 2.24) is 5.32 Å². The molecule has 0 radical (unpaired) electrons. The highest BCUT2D eigenvalue weighted by molar-refractivity contribution is 6.22. The Morgan fingerprint density at radius 2 is 2.00 bits per heavy atom. The van der Waals surface area contributed by atoms with Crippen molar-refractivity contribution in [2.24, 2.45) is 0 Å².